The summed E-state index contributed by atoms with van der Waals surface area (Å²) in [4.78, 5) is 7.56. The summed E-state index contributed by atoms with van der Waals surface area (Å²) in [6, 6.07) is 0. The molecule has 0 saturated heterocycles. The van der Waals surface area contributed by atoms with Crippen LogP contribution in [0.25, 0.3) is 0 Å². The van der Waals surface area contributed by atoms with Crippen LogP contribution >= 0.6 is 11.6 Å². The maximum Gasteiger partial charge on any atom is 0.261 e. The van der Waals surface area contributed by atoms with Gasteiger partial charge in [-0.1, -0.05) is 11.6 Å². The fraction of sp³-hybridized carbons (Fsp3) is 0.444. The van der Waals surface area contributed by atoms with Gasteiger partial charge in [0.25, 0.3) is 10.0 Å². The van der Waals surface area contributed by atoms with Crippen LogP contribution in [0.15, 0.2) is 24.0 Å². The molecule has 0 saturated carbocycles. The number of nitrogens with zero attached hydrogens (tertiary/aromatic N) is 5. The molecule has 2 heterocycles. The number of aryl methyl sites for hydroxylation is 2. The third kappa shape index (κ3) is 3.31. The number of hydrogen-bond donors (Lipinski definition) is 1. The summed E-state index contributed by atoms with van der Waals surface area (Å²) < 4.78 is 29.3. The largest absolute Gasteiger partial charge is 0.324 e. The molecule has 0 atom stereocenters. The molecule has 104 valence electrons. The zero-order valence-electron chi connectivity index (χ0n) is 10.2. The first-order valence-electron chi connectivity index (χ1n) is 5.49. The SMILES string of the molecule is Cn1cnc(S(=O)(=O)NCCCn2cncn2)c1Cl. The summed E-state index contributed by atoms with van der Waals surface area (Å²) in [6.07, 6.45) is 4.95. The molecule has 0 bridgehead atoms. The zero-order valence-corrected chi connectivity index (χ0v) is 11.8. The minimum absolute atomic E-state index is 0.0868. The van der Waals surface area contributed by atoms with E-state index in [0.717, 1.165) is 0 Å². The minimum atomic E-state index is -3.67. The summed E-state index contributed by atoms with van der Waals surface area (Å²) in [6.45, 7) is 0.855. The van der Waals surface area contributed by atoms with Crippen LogP contribution in [0.5, 0.6) is 0 Å². The second-order valence-electron chi connectivity index (χ2n) is 3.86. The van der Waals surface area contributed by atoms with E-state index in [2.05, 4.69) is 19.8 Å². The summed E-state index contributed by atoms with van der Waals surface area (Å²) in [5.74, 6) is 0. The van der Waals surface area contributed by atoms with Gasteiger partial charge >= 0.3 is 0 Å². The van der Waals surface area contributed by atoms with Crippen LogP contribution in [0.1, 0.15) is 6.42 Å². The lowest BCUT2D eigenvalue weighted by molar-refractivity contribution is 0.550. The zero-order chi connectivity index (χ0) is 13.9. The van der Waals surface area contributed by atoms with Gasteiger partial charge in [-0.2, -0.15) is 5.10 Å². The molecule has 10 heteroatoms. The van der Waals surface area contributed by atoms with Crippen molar-refractivity contribution in [3.63, 3.8) is 0 Å². The highest BCUT2D eigenvalue weighted by molar-refractivity contribution is 7.89. The van der Waals surface area contributed by atoms with Crippen molar-refractivity contribution in [1.29, 1.82) is 0 Å². The first kappa shape index (κ1) is 14.0. The van der Waals surface area contributed by atoms with Crippen molar-refractivity contribution in [2.75, 3.05) is 6.54 Å². The summed E-state index contributed by atoms with van der Waals surface area (Å²) in [7, 11) is -2.05. The minimum Gasteiger partial charge on any atom is -0.324 e. The molecule has 2 aromatic rings. The lowest BCUT2D eigenvalue weighted by atomic mass is 10.4. The second kappa shape index (κ2) is 5.68. The molecule has 8 nitrogen and oxygen atoms in total. The molecule has 0 fully saturated rings. The van der Waals surface area contributed by atoms with Gasteiger partial charge in [-0.05, 0) is 6.42 Å². The molecule has 2 aromatic heterocycles. The molecule has 0 aliphatic carbocycles. The Morgan fingerprint density at radius 3 is 2.79 bits per heavy atom. The van der Waals surface area contributed by atoms with Gasteiger partial charge in [-0.25, -0.2) is 23.1 Å². The van der Waals surface area contributed by atoms with Crippen molar-refractivity contribution in [2.24, 2.45) is 7.05 Å². The van der Waals surface area contributed by atoms with Gasteiger partial charge in [-0.15, -0.1) is 0 Å². The maximum atomic E-state index is 11.9. The van der Waals surface area contributed by atoms with E-state index >= 15 is 0 Å². The first-order chi connectivity index (χ1) is 9.00. The number of rotatable bonds is 6. The third-order valence-electron chi connectivity index (χ3n) is 2.41. The molecule has 1 N–H and O–H groups in total. The molecule has 2 rings (SSSR count). The molecule has 19 heavy (non-hydrogen) atoms. The highest BCUT2D eigenvalue weighted by atomic mass is 35.5. The Bertz CT molecular complexity index is 636. The fourth-order valence-electron chi connectivity index (χ4n) is 1.44. The summed E-state index contributed by atoms with van der Waals surface area (Å²) in [5, 5.41) is 3.85. The van der Waals surface area contributed by atoms with Crippen LogP contribution < -0.4 is 4.72 Å². The molecule has 0 aliphatic rings. The van der Waals surface area contributed by atoms with Crippen LogP contribution in [-0.2, 0) is 23.6 Å². The number of hydrogen-bond acceptors (Lipinski definition) is 5. The third-order valence-corrected chi connectivity index (χ3v) is 4.36. The predicted molar refractivity (Wildman–Crippen MR) is 68.0 cm³/mol. The average molecular weight is 305 g/mol. The van der Waals surface area contributed by atoms with Gasteiger partial charge in [0.2, 0.25) is 5.03 Å². The fourth-order valence-corrected chi connectivity index (χ4v) is 2.94. The van der Waals surface area contributed by atoms with Crippen molar-refractivity contribution in [2.45, 2.75) is 18.0 Å². The Hall–Kier alpha value is -1.45. The maximum absolute atomic E-state index is 11.9. The van der Waals surface area contributed by atoms with Crippen molar-refractivity contribution in [3.05, 3.63) is 24.1 Å². The average Bonchev–Trinajstić information content (AvgIpc) is 2.97. The molecular formula is C9H13ClN6O2S. The highest BCUT2D eigenvalue weighted by Crippen LogP contribution is 2.17. The summed E-state index contributed by atoms with van der Waals surface area (Å²) in [5.41, 5.74) is 0. The van der Waals surface area contributed by atoms with Gasteiger partial charge < -0.3 is 4.57 Å². The van der Waals surface area contributed by atoms with E-state index in [0.29, 0.717) is 13.0 Å². The van der Waals surface area contributed by atoms with Gasteiger partial charge in [0.1, 0.15) is 17.8 Å². The van der Waals surface area contributed by atoms with Crippen molar-refractivity contribution in [3.8, 4) is 0 Å². The van der Waals surface area contributed by atoms with E-state index in [-0.39, 0.29) is 16.7 Å². The Labute approximate surface area is 115 Å². The van der Waals surface area contributed by atoms with Crippen LogP contribution in [0.4, 0.5) is 0 Å². The Morgan fingerprint density at radius 1 is 1.42 bits per heavy atom. The molecular weight excluding hydrogens is 292 g/mol. The van der Waals surface area contributed by atoms with Crippen molar-refractivity contribution in [1.82, 2.24) is 29.0 Å². The van der Waals surface area contributed by atoms with Crippen LogP contribution in [-0.4, -0.2) is 39.3 Å². The molecule has 0 unspecified atom stereocenters. The highest BCUT2D eigenvalue weighted by Gasteiger charge is 2.21. The smallest absolute Gasteiger partial charge is 0.261 e. The monoisotopic (exact) mass is 304 g/mol. The molecule has 0 aromatic carbocycles. The van der Waals surface area contributed by atoms with E-state index in [1.807, 2.05) is 0 Å². The first-order valence-corrected chi connectivity index (χ1v) is 7.36. The van der Waals surface area contributed by atoms with Crippen LogP contribution in [0.2, 0.25) is 5.15 Å². The topological polar surface area (TPSA) is 94.7 Å². The standard InChI is InChI=1S/C9H13ClN6O2S/c1-15-7-12-9(8(15)10)19(17,18)14-3-2-4-16-6-11-5-13-16/h5-7,14H,2-4H2,1H3. The van der Waals surface area contributed by atoms with E-state index < -0.39 is 10.0 Å². The van der Waals surface area contributed by atoms with Gasteiger partial charge in [0.05, 0.1) is 6.33 Å². The predicted octanol–water partition coefficient (Wildman–Crippen LogP) is 0.0336. The van der Waals surface area contributed by atoms with E-state index in [1.165, 1.54) is 17.2 Å². The number of aromatic nitrogens is 5. The molecule has 0 aliphatic heterocycles. The van der Waals surface area contributed by atoms with Crippen LogP contribution in [0, 0.1) is 0 Å². The van der Waals surface area contributed by atoms with E-state index in [4.69, 9.17) is 11.6 Å². The Kier molecular flexibility index (Phi) is 4.17. The molecule has 0 amide bonds. The Balaban J connectivity index is 1.90. The Morgan fingerprint density at radius 2 is 2.21 bits per heavy atom. The number of halogens is 1. The van der Waals surface area contributed by atoms with E-state index in [1.54, 1.807) is 18.1 Å². The molecule has 0 spiro atoms. The quantitative estimate of drug-likeness (QED) is 0.760. The normalized spacial score (nSPS) is 11.9. The van der Waals surface area contributed by atoms with Crippen molar-refractivity contribution < 1.29 is 8.42 Å². The number of sulfonamides is 1. The summed E-state index contributed by atoms with van der Waals surface area (Å²) >= 11 is 5.85. The lowest BCUT2D eigenvalue weighted by Crippen LogP contribution is -2.26. The van der Waals surface area contributed by atoms with Gasteiger partial charge in [-0.3, -0.25) is 4.68 Å². The van der Waals surface area contributed by atoms with Gasteiger partial charge in [0.15, 0.2) is 0 Å². The van der Waals surface area contributed by atoms with Gasteiger partial charge in [0, 0.05) is 20.1 Å². The number of imidazole rings is 1. The molecule has 0 radical (unpaired) electrons. The van der Waals surface area contributed by atoms with Crippen LogP contribution in [0.3, 0.4) is 0 Å². The van der Waals surface area contributed by atoms with Crippen molar-refractivity contribution >= 4 is 21.6 Å². The second-order valence-corrected chi connectivity index (χ2v) is 5.90. The lowest BCUT2D eigenvalue weighted by Gasteiger charge is -2.05. The van der Waals surface area contributed by atoms with E-state index in [9.17, 15) is 8.42 Å². The number of nitrogens with one attached hydrogen (secondary N) is 1.